The molecule has 0 unspecified atom stereocenters. The van der Waals surface area contributed by atoms with Gasteiger partial charge < -0.3 is 20.5 Å². The van der Waals surface area contributed by atoms with E-state index in [9.17, 15) is 0 Å². The van der Waals surface area contributed by atoms with E-state index in [2.05, 4.69) is 15.3 Å². The predicted octanol–water partition coefficient (Wildman–Crippen LogP) is 3.18. The molecule has 0 radical (unpaired) electrons. The van der Waals surface area contributed by atoms with Crippen LogP contribution in [0.25, 0.3) is 10.9 Å². The van der Waals surface area contributed by atoms with Gasteiger partial charge in [0.15, 0.2) is 17.5 Å². The third kappa shape index (κ3) is 3.80. The number of pyridine rings is 1. The summed E-state index contributed by atoms with van der Waals surface area (Å²) in [5.41, 5.74) is 8.81. The lowest BCUT2D eigenvalue weighted by molar-refractivity contribution is 0.355. The number of hydrogen-bond acceptors (Lipinski definition) is 4. The molecule has 0 bridgehead atoms. The normalized spacial score (nSPS) is 11.4. The number of nitrogens with zero attached hydrogens (tertiary/aromatic N) is 2. The minimum Gasteiger partial charge on any atom is -0.493 e. The van der Waals surface area contributed by atoms with Gasteiger partial charge in [-0.15, -0.1) is 0 Å². The molecule has 25 heavy (non-hydrogen) atoms. The van der Waals surface area contributed by atoms with E-state index in [1.54, 1.807) is 20.4 Å². The number of guanidine groups is 1. The van der Waals surface area contributed by atoms with Crippen molar-refractivity contribution in [3.63, 3.8) is 0 Å². The molecule has 2 aromatic carbocycles. The Morgan fingerprint density at radius 3 is 2.68 bits per heavy atom. The van der Waals surface area contributed by atoms with E-state index in [0.717, 1.165) is 22.2 Å². The second-order valence-corrected chi connectivity index (χ2v) is 5.38. The quantitative estimate of drug-likeness (QED) is 0.552. The highest BCUT2D eigenvalue weighted by Crippen LogP contribution is 2.29. The number of aromatic nitrogens is 1. The lowest BCUT2D eigenvalue weighted by Crippen LogP contribution is -2.22. The van der Waals surface area contributed by atoms with Crippen LogP contribution in [-0.4, -0.2) is 25.2 Å². The zero-order valence-electron chi connectivity index (χ0n) is 14.2. The van der Waals surface area contributed by atoms with Crippen molar-refractivity contribution in [2.75, 3.05) is 19.5 Å². The number of nitrogens with one attached hydrogen (secondary N) is 1. The molecule has 0 aliphatic rings. The van der Waals surface area contributed by atoms with Gasteiger partial charge in [-0.2, -0.15) is 0 Å². The molecule has 128 valence electrons. The van der Waals surface area contributed by atoms with Crippen molar-refractivity contribution in [2.24, 2.45) is 10.7 Å². The Bertz CT molecular complexity index is 904. The van der Waals surface area contributed by atoms with Crippen LogP contribution in [0.4, 0.5) is 5.69 Å². The molecule has 0 amide bonds. The summed E-state index contributed by atoms with van der Waals surface area (Å²) in [6.45, 7) is 0.467. The van der Waals surface area contributed by atoms with E-state index in [-0.39, 0.29) is 0 Å². The molecule has 0 saturated heterocycles. The number of anilines is 1. The summed E-state index contributed by atoms with van der Waals surface area (Å²) in [4.78, 5) is 8.77. The van der Waals surface area contributed by atoms with Crippen molar-refractivity contribution < 1.29 is 9.47 Å². The molecule has 0 fully saturated rings. The van der Waals surface area contributed by atoms with Crippen LogP contribution in [0.1, 0.15) is 5.56 Å². The number of fused-ring (bicyclic) bond motifs is 1. The Morgan fingerprint density at radius 1 is 1.08 bits per heavy atom. The molecule has 6 heteroatoms. The summed E-state index contributed by atoms with van der Waals surface area (Å²) in [6, 6.07) is 15.4. The monoisotopic (exact) mass is 336 g/mol. The molecule has 0 aliphatic carbocycles. The second kappa shape index (κ2) is 7.53. The molecule has 1 aromatic heterocycles. The van der Waals surface area contributed by atoms with E-state index in [4.69, 9.17) is 15.2 Å². The molecule has 1 heterocycles. The van der Waals surface area contributed by atoms with Gasteiger partial charge in [-0.05, 0) is 29.8 Å². The van der Waals surface area contributed by atoms with Crippen molar-refractivity contribution in [3.05, 3.63) is 60.3 Å². The Kier molecular flexibility index (Phi) is 4.99. The zero-order valence-corrected chi connectivity index (χ0v) is 14.2. The fraction of sp³-hybridized carbons (Fsp3) is 0.158. The number of methoxy groups -OCH3 is 2. The summed E-state index contributed by atoms with van der Waals surface area (Å²) in [5.74, 6) is 1.61. The summed E-state index contributed by atoms with van der Waals surface area (Å²) in [7, 11) is 3.19. The first kappa shape index (κ1) is 16.6. The summed E-state index contributed by atoms with van der Waals surface area (Å²) < 4.78 is 10.5. The van der Waals surface area contributed by atoms with Gasteiger partial charge in [-0.1, -0.05) is 18.2 Å². The summed E-state index contributed by atoms with van der Waals surface area (Å²) in [5, 5.41) is 4.14. The molecular formula is C19H20N4O2. The number of nitrogens with two attached hydrogens (primary N) is 1. The fourth-order valence-corrected chi connectivity index (χ4v) is 2.56. The SMILES string of the molecule is COc1ccc(NC(N)=NCc2ccnc3ccccc23)cc1OC. The molecular weight excluding hydrogens is 316 g/mol. The third-order valence-electron chi connectivity index (χ3n) is 3.82. The van der Waals surface area contributed by atoms with Crippen LogP contribution in [0.15, 0.2) is 59.7 Å². The second-order valence-electron chi connectivity index (χ2n) is 5.38. The highest BCUT2D eigenvalue weighted by atomic mass is 16.5. The maximum atomic E-state index is 6.01. The number of aliphatic imine (C=N–C) groups is 1. The van der Waals surface area contributed by atoms with Crippen molar-refractivity contribution in [3.8, 4) is 11.5 Å². The van der Waals surface area contributed by atoms with E-state index in [0.29, 0.717) is 24.0 Å². The van der Waals surface area contributed by atoms with Gasteiger partial charge >= 0.3 is 0 Å². The molecule has 0 atom stereocenters. The first-order valence-corrected chi connectivity index (χ1v) is 7.83. The lowest BCUT2D eigenvalue weighted by atomic mass is 10.1. The summed E-state index contributed by atoms with van der Waals surface area (Å²) in [6.07, 6.45) is 1.78. The van der Waals surface area contributed by atoms with E-state index in [1.807, 2.05) is 48.5 Å². The highest BCUT2D eigenvalue weighted by molar-refractivity contribution is 5.92. The van der Waals surface area contributed by atoms with Crippen LogP contribution in [-0.2, 0) is 6.54 Å². The van der Waals surface area contributed by atoms with E-state index < -0.39 is 0 Å². The van der Waals surface area contributed by atoms with Crippen LogP contribution in [0.3, 0.4) is 0 Å². The van der Waals surface area contributed by atoms with Gasteiger partial charge in [0.1, 0.15) is 0 Å². The zero-order chi connectivity index (χ0) is 17.6. The standard InChI is InChI=1S/C19H20N4O2/c1-24-17-8-7-14(11-18(17)25-2)23-19(20)22-12-13-9-10-21-16-6-4-3-5-15(13)16/h3-11H,12H2,1-2H3,(H3,20,22,23). The van der Waals surface area contributed by atoms with Gasteiger partial charge in [0.2, 0.25) is 0 Å². The maximum Gasteiger partial charge on any atom is 0.193 e. The van der Waals surface area contributed by atoms with Crippen molar-refractivity contribution in [1.29, 1.82) is 0 Å². The topological polar surface area (TPSA) is 81.8 Å². The molecule has 3 rings (SSSR count). The molecule has 0 spiro atoms. The van der Waals surface area contributed by atoms with Crippen molar-refractivity contribution >= 4 is 22.5 Å². The largest absolute Gasteiger partial charge is 0.493 e. The Balaban J connectivity index is 1.76. The predicted molar refractivity (Wildman–Crippen MR) is 100 cm³/mol. The van der Waals surface area contributed by atoms with Gasteiger partial charge in [0.05, 0.1) is 26.3 Å². The molecule has 0 aliphatic heterocycles. The number of hydrogen-bond donors (Lipinski definition) is 2. The number of ether oxygens (including phenoxy) is 2. The molecule has 3 aromatic rings. The number of rotatable bonds is 5. The number of benzene rings is 2. The molecule has 6 nitrogen and oxygen atoms in total. The minimum absolute atomic E-state index is 0.327. The Hall–Kier alpha value is -3.28. The highest BCUT2D eigenvalue weighted by Gasteiger charge is 2.05. The first-order valence-electron chi connectivity index (χ1n) is 7.83. The lowest BCUT2D eigenvalue weighted by Gasteiger charge is -2.11. The average molecular weight is 336 g/mol. The van der Waals surface area contributed by atoms with E-state index in [1.165, 1.54) is 0 Å². The van der Waals surface area contributed by atoms with Gasteiger partial charge in [-0.3, -0.25) is 4.98 Å². The number of para-hydroxylation sites is 1. The molecule has 0 saturated carbocycles. The van der Waals surface area contributed by atoms with Crippen LogP contribution in [0, 0.1) is 0 Å². The van der Waals surface area contributed by atoms with Gasteiger partial charge in [-0.25, -0.2) is 4.99 Å². The maximum absolute atomic E-state index is 6.01. The fourth-order valence-electron chi connectivity index (χ4n) is 2.56. The van der Waals surface area contributed by atoms with Gasteiger partial charge in [0.25, 0.3) is 0 Å². The summed E-state index contributed by atoms with van der Waals surface area (Å²) >= 11 is 0. The van der Waals surface area contributed by atoms with Crippen LogP contribution < -0.4 is 20.5 Å². The van der Waals surface area contributed by atoms with Crippen LogP contribution in [0.2, 0.25) is 0 Å². The van der Waals surface area contributed by atoms with Crippen molar-refractivity contribution in [2.45, 2.75) is 6.54 Å². The van der Waals surface area contributed by atoms with Gasteiger partial charge in [0, 0.05) is 23.3 Å². The minimum atomic E-state index is 0.327. The van der Waals surface area contributed by atoms with Crippen LogP contribution >= 0.6 is 0 Å². The Labute approximate surface area is 146 Å². The van der Waals surface area contributed by atoms with E-state index >= 15 is 0 Å². The van der Waals surface area contributed by atoms with Crippen LogP contribution in [0.5, 0.6) is 11.5 Å². The average Bonchev–Trinajstić information content (AvgIpc) is 2.66. The van der Waals surface area contributed by atoms with Crippen molar-refractivity contribution in [1.82, 2.24) is 4.98 Å². The third-order valence-corrected chi connectivity index (χ3v) is 3.82. The molecule has 3 N–H and O–H groups in total. The smallest absolute Gasteiger partial charge is 0.193 e. The Morgan fingerprint density at radius 2 is 1.88 bits per heavy atom. The first-order chi connectivity index (χ1) is 12.2.